The Kier molecular flexibility index (Phi) is 18.5. The first-order valence-corrected chi connectivity index (χ1v) is 34.5. The van der Waals surface area contributed by atoms with Crippen LogP contribution in [0, 0.1) is 14.4 Å². The Bertz CT molecular complexity index is 2880. The van der Waals surface area contributed by atoms with E-state index in [1.807, 2.05) is 53.2 Å². The minimum Gasteiger partial charge on any atom is -0.395 e. The Morgan fingerprint density at radius 3 is 1.78 bits per heavy atom. The molecule has 0 bridgehead atoms. The summed E-state index contributed by atoms with van der Waals surface area (Å²) in [5.74, 6) is 1.27. The highest BCUT2D eigenvalue weighted by Crippen LogP contribution is 2.46. The van der Waals surface area contributed by atoms with Crippen LogP contribution in [0.1, 0.15) is 106 Å². The predicted octanol–water partition coefficient (Wildman–Crippen LogP) is 10.5. The molecule has 16 nitrogen and oxygen atoms in total. The van der Waals surface area contributed by atoms with Crippen LogP contribution in [-0.4, -0.2) is 118 Å². The van der Waals surface area contributed by atoms with Gasteiger partial charge in [-0.25, -0.2) is 9.97 Å². The average Bonchev–Trinajstić information content (AvgIpc) is 3.98. The smallest absolute Gasteiger partial charge is 0.171 e. The number of aliphatic hydroxyl groups is 2. The van der Waals surface area contributed by atoms with Gasteiger partial charge in [0.25, 0.3) is 0 Å². The van der Waals surface area contributed by atoms with Gasteiger partial charge in [0.2, 0.25) is 0 Å². The molecule has 0 aliphatic heterocycles. The Hall–Kier alpha value is -4.78. The molecule has 0 saturated heterocycles. The lowest BCUT2D eigenvalue weighted by Gasteiger charge is -2.37. The number of rotatable bonds is 20. The second-order valence-corrected chi connectivity index (χ2v) is 35.4. The maximum atomic E-state index is 12.6. The lowest BCUT2D eigenvalue weighted by Crippen LogP contribution is -2.37. The molecule has 8 rings (SSSR count). The number of hydrogen-bond donors (Lipinski definition) is 3. The first-order chi connectivity index (χ1) is 35.1. The molecular formula is C55H76IN9O7Si2. The van der Waals surface area contributed by atoms with Crippen LogP contribution < -0.4 is 10.6 Å². The van der Waals surface area contributed by atoms with Gasteiger partial charge in [0.05, 0.1) is 57.0 Å². The monoisotopic (exact) mass is 1160 g/mol. The van der Waals surface area contributed by atoms with E-state index in [9.17, 15) is 24.6 Å². The highest BCUT2D eigenvalue weighted by atomic mass is 127. The summed E-state index contributed by atoms with van der Waals surface area (Å²) < 4.78 is 16.8. The molecule has 1 aromatic carbocycles. The molecule has 2 aliphatic carbocycles. The molecule has 2 aliphatic rings. The van der Waals surface area contributed by atoms with E-state index in [0.29, 0.717) is 68.9 Å². The minimum absolute atomic E-state index is 0.00249. The quantitative estimate of drug-likeness (QED) is 0.0213. The number of Topliss-reactive ketones (excluding diaryl/α,β-unsaturated/α-hetero) is 3. The van der Waals surface area contributed by atoms with Crippen LogP contribution in [0.2, 0.25) is 51.4 Å². The molecule has 0 radical (unpaired) electrons. The number of aliphatic hydroxyl groups excluding tert-OH is 2. The van der Waals surface area contributed by atoms with Gasteiger partial charge in [0.1, 0.15) is 36.7 Å². The first-order valence-electron chi connectivity index (χ1n) is 26.0. The highest BCUT2D eigenvalue weighted by Gasteiger charge is 2.42. The zero-order chi connectivity index (χ0) is 53.6. The van der Waals surface area contributed by atoms with Crippen LogP contribution in [0.15, 0.2) is 67.1 Å². The van der Waals surface area contributed by atoms with Gasteiger partial charge in [0, 0.05) is 75.8 Å². The molecule has 0 amide bonds. The van der Waals surface area contributed by atoms with Crippen LogP contribution in [0.4, 0.5) is 11.6 Å². The van der Waals surface area contributed by atoms with Crippen LogP contribution >= 0.6 is 22.6 Å². The number of fused-ring (bicyclic) bond motifs is 2. The fraction of sp³-hybridized carbons (Fsp3) is 0.527. The van der Waals surface area contributed by atoms with Gasteiger partial charge in [-0.2, -0.15) is 19.2 Å². The van der Waals surface area contributed by atoms with Gasteiger partial charge in [-0.1, -0.05) is 75.7 Å². The van der Waals surface area contributed by atoms with E-state index in [0.717, 1.165) is 81.3 Å². The number of nitrogens with zero attached hydrogens (tertiary/aromatic N) is 8. The summed E-state index contributed by atoms with van der Waals surface area (Å²) in [5.41, 5.74) is 12.1. The lowest BCUT2D eigenvalue weighted by atomic mass is 9.67. The van der Waals surface area contributed by atoms with Crippen LogP contribution in [0.25, 0.3) is 33.7 Å². The van der Waals surface area contributed by atoms with Crippen molar-refractivity contribution >= 4 is 79.0 Å². The molecule has 5 heterocycles. The number of pyridine rings is 1. The van der Waals surface area contributed by atoms with Gasteiger partial charge < -0.3 is 30.3 Å². The molecule has 6 aromatic rings. The number of anilines is 2. The third-order valence-corrected chi connectivity index (χ3v) is 19.4. The molecule has 19 heteroatoms. The SMILES string of the molecule is CC(=O)C1(CO)CCC(c2cc(N(COCC[Si](C)(C)C)COCC[Si](C)(C)C)n3ncc(I)c3n2)CC1.CC(=O)c1c(C2CCC(CO)(C(C)=O)CC2)nc2c(-c3ccc(-c4ccccc4)nc3)cnn2c1N. The number of nitrogens with two attached hydrogens (primary N) is 1. The van der Waals surface area contributed by atoms with Crippen molar-refractivity contribution in [2.24, 2.45) is 10.8 Å². The fourth-order valence-corrected chi connectivity index (χ4v) is 12.0. The Balaban J connectivity index is 0.000000216. The number of ether oxygens (including phenoxy) is 2. The number of halogens is 1. The number of ketones is 3. The number of carbonyl (C=O) groups excluding carboxylic acids is 3. The summed E-state index contributed by atoms with van der Waals surface area (Å²) in [4.78, 5) is 53.9. The van der Waals surface area contributed by atoms with Crippen molar-refractivity contribution in [1.29, 1.82) is 0 Å². The van der Waals surface area contributed by atoms with Crippen LogP contribution in [-0.2, 0) is 19.1 Å². The number of aromatic nitrogens is 7. The molecule has 5 aromatic heterocycles. The second-order valence-electron chi connectivity index (χ2n) is 22.9. The van der Waals surface area contributed by atoms with Gasteiger partial charge >= 0.3 is 0 Å². The van der Waals surface area contributed by atoms with E-state index in [4.69, 9.17) is 25.2 Å². The average molecular weight is 1160 g/mol. The van der Waals surface area contributed by atoms with Crippen molar-refractivity contribution in [3.05, 3.63) is 87.6 Å². The maximum absolute atomic E-state index is 12.6. The predicted molar refractivity (Wildman–Crippen MR) is 305 cm³/mol. The van der Waals surface area contributed by atoms with E-state index < -0.39 is 27.0 Å². The molecule has 0 spiro atoms. The summed E-state index contributed by atoms with van der Waals surface area (Å²) in [6.45, 7) is 20.9. The van der Waals surface area contributed by atoms with Gasteiger partial charge in [-0.15, -0.1) is 0 Å². The third kappa shape index (κ3) is 13.2. The van der Waals surface area contributed by atoms with Crippen molar-refractivity contribution in [3.8, 4) is 22.4 Å². The van der Waals surface area contributed by atoms with Crippen molar-refractivity contribution in [3.63, 3.8) is 0 Å². The number of carbonyl (C=O) groups is 3. The van der Waals surface area contributed by atoms with Gasteiger partial charge in [0.15, 0.2) is 17.1 Å². The van der Waals surface area contributed by atoms with Crippen LogP contribution in [0.3, 0.4) is 0 Å². The van der Waals surface area contributed by atoms with E-state index in [-0.39, 0.29) is 48.2 Å². The van der Waals surface area contributed by atoms with Crippen LogP contribution in [0.5, 0.6) is 0 Å². The summed E-state index contributed by atoms with van der Waals surface area (Å²) in [7, 11) is -2.39. The molecule has 4 N–H and O–H groups in total. The zero-order valence-electron chi connectivity index (χ0n) is 44.8. The highest BCUT2D eigenvalue weighted by molar-refractivity contribution is 14.1. The van der Waals surface area contributed by atoms with Crippen molar-refractivity contribution in [2.45, 2.75) is 135 Å². The summed E-state index contributed by atoms with van der Waals surface area (Å²) in [5, 5.41) is 28.9. The van der Waals surface area contributed by atoms with Crippen molar-refractivity contribution < 1.29 is 34.1 Å². The Morgan fingerprint density at radius 2 is 1.28 bits per heavy atom. The normalized spacial score (nSPS) is 20.3. The summed E-state index contributed by atoms with van der Waals surface area (Å²) >= 11 is 2.29. The van der Waals surface area contributed by atoms with Crippen molar-refractivity contribution in [1.82, 2.24) is 34.2 Å². The van der Waals surface area contributed by atoms with E-state index in [1.165, 1.54) is 18.4 Å². The van der Waals surface area contributed by atoms with E-state index in [1.54, 1.807) is 19.3 Å². The Labute approximate surface area is 451 Å². The molecule has 398 valence electrons. The standard InChI is InChI=1S/C28H29N5O3.C27H47IN4O4Si2/c1-17(35)24-25(20-10-12-28(16-34,13-11-20)18(2)36)32-27-22(15-31-33(27)26(24)29)21-8-9-23(30-14-21)19-6-4-3-5-7-19;1-21(34)27(18-33)10-8-22(9-11-27)24-16-25(32-26(30-24)23(28)17-29-32)31(19-35-12-14-37(2,3)4)20-36-13-15-38(5,6)7/h3-9,14-15,20,34H,10-13,16,29H2,1-2H3;16-17,22,33H,8-15,18-20H2,1-7H3. The van der Waals surface area contributed by atoms with Gasteiger partial charge in [-0.3, -0.25) is 19.4 Å². The van der Waals surface area contributed by atoms with E-state index >= 15 is 0 Å². The molecule has 0 atom stereocenters. The van der Waals surface area contributed by atoms with E-state index in [2.05, 4.69) is 88.0 Å². The lowest BCUT2D eigenvalue weighted by molar-refractivity contribution is -0.132. The molecule has 2 fully saturated rings. The first kappa shape index (κ1) is 56.9. The molecule has 0 unspecified atom stereocenters. The number of benzene rings is 1. The minimum atomic E-state index is -1.20. The molecule has 2 saturated carbocycles. The molecule has 74 heavy (non-hydrogen) atoms. The van der Waals surface area contributed by atoms with Gasteiger partial charge in [-0.05, 0) is 113 Å². The largest absolute Gasteiger partial charge is 0.395 e. The zero-order valence-corrected chi connectivity index (χ0v) is 48.9. The Morgan fingerprint density at radius 1 is 0.730 bits per heavy atom. The summed E-state index contributed by atoms with van der Waals surface area (Å²) in [6.07, 6.45) is 10.7. The topological polar surface area (TPSA) is 213 Å². The summed E-state index contributed by atoms with van der Waals surface area (Å²) in [6, 6.07) is 18.2. The second kappa shape index (κ2) is 24.0. The fourth-order valence-electron chi connectivity index (χ4n) is 10.0. The third-order valence-electron chi connectivity index (χ3n) is 15.2. The number of hydrogen-bond acceptors (Lipinski definition) is 14. The number of nitrogen functional groups attached to an aromatic ring is 1. The maximum Gasteiger partial charge on any atom is 0.171 e. The molecular weight excluding hydrogens is 1080 g/mol. The van der Waals surface area contributed by atoms with Crippen molar-refractivity contribution in [2.75, 3.05) is 50.5 Å².